The number of aromatic nitrogens is 2. The summed E-state index contributed by atoms with van der Waals surface area (Å²) in [4.78, 5) is 31.1. The molecular weight excluding hydrogens is 236 g/mol. The van der Waals surface area contributed by atoms with Gasteiger partial charge in [-0.3, -0.25) is 0 Å². The number of hydrogen-bond donors (Lipinski definition) is 3. The van der Waals surface area contributed by atoms with Crippen molar-refractivity contribution in [2.45, 2.75) is 25.3 Å². The largest absolute Gasteiger partial charge is 0.480 e. The van der Waals surface area contributed by atoms with Gasteiger partial charge in [-0.1, -0.05) is 0 Å². The van der Waals surface area contributed by atoms with Crippen LogP contribution in [0.25, 0.3) is 0 Å². The average molecular weight is 252 g/mol. The van der Waals surface area contributed by atoms with E-state index in [1.54, 1.807) is 12.4 Å². The van der Waals surface area contributed by atoms with Gasteiger partial charge in [-0.25, -0.2) is 14.6 Å². The molecule has 1 atom stereocenters. The predicted molar refractivity (Wildman–Crippen MR) is 63.1 cm³/mol. The zero-order valence-corrected chi connectivity index (χ0v) is 9.93. The lowest BCUT2D eigenvalue weighted by Crippen LogP contribution is -2.46. The molecule has 1 aliphatic rings. The number of nitrogens with zero attached hydrogens (tertiary/aromatic N) is 2. The van der Waals surface area contributed by atoms with Crippen molar-refractivity contribution in [2.24, 2.45) is 0 Å². The summed E-state index contributed by atoms with van der Waals surface area (Å²) >= 11 is 0. The molecule has 1 fully saturated rings. The highest BCUT2D eigenvalue weighted by Crippen LogP contribution is 2.17. The van der Waals surface area contributed by atoms with Crippen LogP contribution in [0.2, 0.25) is 0 Å². The van der Waals surface area contributed by atoms with Crippen molar-refractivity contribution in [3.05, 3.63) is 18.2 Å². The topological polar surface area (TPSA) is 98.3 Å². The monoisotopic (exact) mass is 252 g/mol. The number of carbonyl (C=O) groups excluding carboxylic acids is 1. The molecule has 0 spiro atoms. The van der Waals surface area contributed by atoms with Gasteiger partial charge >= 0.3 is 12.0 Å². The van der Waals surface area contributed by atoms with Crippen LogP contribution >= 0.6 is 0 Å². The van der Waals surface area contributed by atoms with E-state index in [4.69, 9.17) is 5.11 Å². The quantitative estimate of drug-likeness (QED) is 0.713. The van der Waals surface area contributed by atoms with Crippen LogP contribution < -0.4 is 5.32 Å². The molecule has 0 saturated carbocycles. The number of nitrogens with one attached hydrogen (secondary N) is 2. The van der Waals surface area contributed by atoms with Gasteiger partial charge in [-0.15, -0.1) is 0 Å². The SMILES string of the molecule is O=C(O)[C@H]1CCCN1C(=O)NCCc1ncc[nH]1. The van der Waals surface area contributed by atoms with Crippen LogP contribution in [-0.2, 0) is 11.2 Å². The Kier molecular flexibility index (Phi) is 3.81. The maximum absolute atomic E-state index is 11.8. The van der Waals surface area contributed by atoms with Crippen molar-refractivity contribution in [1.82, 2.24) is 20.2 Å². The lowest BCUT2D eigenvalue weighted by atomic mass is 10.2. The number of carbonyl (C=O) groups is 2. The van der Waals surface area contributed by atoms with E-state index < -0.39 is 12.0 Å². The van der Waals surface area contributed by atoms with Crippen LogP contribution in [0.4, 0.5) is 4.79 Å². The zero-order chi connectivity index (χ0) is 13.0. The molecule has 7 heteroatoms. The maximum atomic E-state index is 11.8. The lowest BCUT2D eigenvalue weighted by Gasteiger charge is -2.21. The van der Waals surface area contributed by atoms with Crippen molar-refractivity contribution in [3.63, 3.8) is 0 Å². The number of H-pyrrole nitrogens is 1. The van der Waals surface area contributed by atoms with Crippen molar-refractivity contribution in [1.29, 1.82) is 0 Å². The number of aliphatic carboxylic acids is 1. The standard InChI is InChI=1S/C11H16N4O3/c16-10(17)8-2-1-7-15(8)11(18)14-4-3-9-12-5-6-13-9/h5-6,8H,1-4,7H2,(H,12,13)(H,14,18)(H,16,17)/t8-/m1/s1. The Labute approximate surface area is 104 Å². The van der Waals surface area contributed by atoms with E-state index in [-0.39, 0.29) is 6.03 Å². The second-order valence-electron chi connectivity index (χ2n) is 4.21. The van der Waals surface area contributed by atoms with E-state index in [9.17, 15) is 9.59 Å². The molecule has 7 nitrogen and oxygen atoms in total. The van der Waals surface area contributed by atoms with Crippen molar-refractivity contribution < 1.29 is 14.7 Å². The van der Waals surface area contributed by atoms with Crippen LogP contribution in [0.3, 0.4) is 0 Å². The summed E-state index contributed by atoms with van der Waals surface area (Å²) in [6.07, 6.45) is 5.24. The number of rotatable bonds is 4. The highest BCUT2D eigenvalue weighted by Gasteiger charge is 2.33. The second-order valence-corrected chi connectivity index (χ2v) is 4.21. The fourth-order valence-electron chi connectivity index (χ4n) is 2.09. The van der Waals surface area contributed by atoms with Crippen molar-refractivity contribution >= 4 is 12.0 Å². The van der Waals surface area contributed by atoms with E-state index in [0.29, 0.717) is 25.9 Å². The predicted octanol–water partition coefficient (Wildman–Crippen LogP) is 0.211. The number of carboxylic acids is 1. The van der Waals surface area contributed by atoms with Gasteiger partial charge in [0.2, 0.25) is 0 Å². The number of hydrogen-bond acceptors (Lipinski definition) is 3. The Morgan fingerprint density at radius 1 is 1.61 bits per heavy atom. The first kappa shape index (κ1) is 12.4. The Bertz CT molecular complexity index is 418. The highest BCUT2D eigenvalue weighted by atomic mass is 16.4. The first-order chi connectivity index (χ1) is 8.68. The molecule has 1 aliphatic heterocycles. The zero-order valence-electron chi connectivity index (χ0n) is 9.93. The van der Waals surface area contributed by atoms with Crippen LogP contribution in [0.15, 0.2) is 12.4 Å². The van der Waals surface area contributed by atoms with Gasteiger partial charge < -0.3 is 20.3 Å². The van der Waals surface area contributed by atoms with E-state index in [1.807, 2.05) is 0 Å². The molecule has 0 aromatic carbocycles. The minimum absolute atomic E-state index is 0.313. The molecule has 0 unspecified atom stereocenters. The summed E-state index contributed by atoms with van der Waals surface area (Å²) in [6, 6.07) is -1.000. The Morgan fingerprint density at radius 2 is 2.44 bits per heavy atom. The molecule has 98 valence electrons. The minimum atomic E-state index is -0.936. The smallest absolute Gasteiger partial charge is 0.326 e. The number of likely N-dealkylation sites (tertiary alicyclic amines) is 1. The summed E-state index contributed by atoms with van der Waals surface area (Å²) in [5.74, 6) is -0.139. The maximum Gasteiger partial charge on any atom is 0.326 e. The van der Waals surface area contributed by atoms with E-state index in [0.717, 1.165) is 12.2 Å². The Hall–Kier alpha value is -2.05. The van der Waals surface area contributed by atoms with Crippen LogP contribution in [-0.4, -0.2) is 51.1 Å². The Morgan fingerprint density at radius 3 is 3.11 bits per heavy atom. The van der Waals surface area contributed by atoms with Crippen molar-refractivity contribution in [2.75, 3.05) is 13.1 Å². The van der Waals surface area contributed by atoms with Crippen LogP contribution in [0.1, 0.15) is 18.7 Å². The number of amides is 2. The number of imidazole rings is 1. The number of aromatic amines is 1. The number of urea groups is 1. The van der Waals surface area contributed by atoms with Gasteiger partial charge in [-0.05, 0) is 12.8 Å². The minimum Gasteiger partial charge on any atom is -0.480 e. The fourth-order valence-corrected chi connectivity index (χ4v) is 2.09. The summed E-state index contributed by atoms with van der Waals surface area (Å²) < 4.78 is 0. The number of carboxylic acid groups (broad SMARTS) is 1. The molecule has 2 amide bonds. The molecular formula is C11H16N4O3. The molecule has 1 saturated heterocycles. The molecule has 0 bridgehead atoms. The molecule has 18 heavy (non-hydrogen) atoms. The van der Waals surface area contributed by atoms with E-state index >= 15 is 0 Å². The van der Waals surface area contributed by atoms with Gasteiger partial charge in [0.25, 0.3) is 0 Å². The second kappa shape index (κ2) is 5.52. The molecule has 2 rings (SSSR count). The van der Waals surface area contributed by atoms with Gasteiger partial charge in [0.05, 0.1) is 0 Å². The van der Waals surface area contributed by atoms with Gasteiger partial charge in [0.1, 0.15) is 11.9 Å². The lowest BCUT2D eigenvalue weighted by molar-refractivity contribution is -0.141. The molecule has 0 aliphatic carbocycles. The first-order valence-corrected chi connectivity index (χ1v) is 5.94. The fraction of sp³-hybridized carbons (Fsp3) is 0.545. The summed E-state index contributed by atoms with van der Waals surface area (Å²) in [6.45, 7) is 0.943. The van der Waals surface area contributed by atoms with E-state index in [2.05, 4.69) is 15.3 Å². The summed E-state index contributed by atoms with van der Waals surface area (Å²) in [7, 11) is 0. The molecule has 0 radical (unpaired) electrons. The normalized spacial score (nSPS) is 18.9. The van der Waals surface area contributed by atoms with Crippen molar-refractivity contribution in [3.8, 4) is 0 Å². The van der Waals surface area contributed by atoms with Gasteiger partial charge in [0.15, 0.2) is 0 Å². The molecule has 2 heterocycles. The van der Waals surface area contributed by atoms with Gasteiger partial charge in [-0.2, -0.15) is 0 Å². The van der Waals surface area contributed by atoms with Gasteiger partial charge in [0, 0.05) is 31.9 Å². The summed E-state index contributed by atoms with van der Waals surface area (Å²) in [5.41, 5.74) is 0. The molecule has 3 N–H and O–H groups in total. The van der Waals surface area contributed by atoms with Crippen LogP contribution in [0.5, 0.6) is 0 Å². The Balaban J connectivity index is 1.79. The third kappa shape index (κ3) is 2.79. The third-order valence-electron chi connectivity index (χ3n) is 2.99. The molecule has 1 aromatic heterocycles. The first-order valence-electron chi connectivity index (χ1n) is 5.94. The third-order valence-corrected chi connectivity index (χ3v) is 2.99. The highest BCUT2D eigenvalue weighted by molar-refractivity contribution is 5.83. The molecule has 1 aromatic rings. The average Bonchev–Trinajstić information content (AvgIpc) is 2.99. The van der Waals surface area contributed by atoms with Crippen LogP contribution in [0, 0.1) is 0 Å². The van der Waals surface area contributed by atoms with E-state index in [1.165, 1.54) is 4.90 Å². The summed E-state index contributed by atoms with van der Waals surface area (Å²) in [5, 5.41) is 11.7.